The van der Waals surface area contributed by atoms with Gasteiger partial charge in [-0.25, -0.2) is 0 Å². The van der Waals surface area contributed by atoms with Gasteiger partial charge in [-0.1, -0.05) is 23.2 Å². The highest BCUT2D eigenvalue weighted by Gasteiger charge is 2.24. The van der Waals surface area contributed by atoms with Crippen molar-refractivity contribution < 1.29 is 9.53 Å². The summed E-state index contributed by atoms with van der Waals surface area (Å²) in [6, 6.07) is 6.00. The molecule has 1 aromatic rings. The minimum absolute atomic E-state index is 0.0213. The lowest BCUT2D eigenvalue weighted by Crippen LogP contribution is -2.47. The van der Waals surface area contributed by atoms with Crippen LogP contribution >= 0.6 is 23.2 Å². The van der Waals surface area contributed by atoms with Gasteiger partial charge in [0.25, 0.3) is 0 Å². The van der Waals surface area contributed by atoms with Crippen LogP contribution in [0, 0.1) is 5.92 Å². The van der Waals surface area contributed by atoms with Gasteiger partial charge in [-0.3, -0.25) is 9.69 Å². The Labute approximate surface area is 184 Å². The highest BCUT2D eigenvalue weighted by Crippen LogP contribution is 2.30. The average molecular weight is 442 g/mol. The number of rotatable bonds is 8. The van der Waals surface area contributed by atoms with Crippen LogP contribution in [0.15, 0.2) is 18.2 Å². The maximum Gasteiger partial charge on any atom is 0.246 e. The van der Waals surface area contributed by atoms with E-state index >= 15 is 0 Å². The van der Waals surface area contributed by atoms with Crippen LogP contribution in [0.1, 0.15) is 39.0 Å². The van der Waals surface area contributed by atoms with E-state index in [0.717, 1.165) is 67.2 Å². The number of hydrogen-bond acceptors (Lipinski definition) is 4. The Bertz CT molecular complexity index is 657. The van der Waals surface area contributed by atoms with Crippen molar-refractivity contribution in [2.75, 3.05) is 50.8 Å². The molecular weight excluding hydrogens is 409 g/mol. The molecule has 3 rings (SSSR count). The molecular formula is C22H33Cl2N3O2. The lowest BCUT2D eigenvalue weighted by atomic mass is 9.84. The minimum atomic E-state index is 0.0213. The SMILES string of the molecule is CCOCC(=O)N[C@H]1CC[C@H](CCN2CCN(c3cc(Cl)ccc3Cl)CC2)CC1. The first kappa shape index (κ1) is 22.7. The summed E-state index contributed by atoms with van der Waals surface area (Å²) in [6.45, 7) is 7.92. The second kappa shape index (κ2) is 11.4. The molecule has 162 valence electrons. The maximum absolute atomic E-state index is 11.8. The molecule has 0 aromatic heterocycles. The molecule has 1 N–H and O–H groups in total. The highest BCUT2D eigenvalue weighted by atomic mass is 35.5. The molecule has 1 amide bonds. The number of hydrogen-bond donors (Lipinski definition) is 1. The monoisotopic (exact) mass is 441 g/mol. The fourth-order valence-corrected chi connectivity index (χ4v) is 4.77. The molecule has 0 bridgehead atoms. The van der Waals surface area contributed by atoms with Crippen LogP contribution in [0.3, 0.4) is 0 Å². The Morgan fingerprint density at radius 2 is 1.86 bits per heavy atom. The zero-order valence-electron chi connectivity index (χ0n) is 17.3. The van der Waals surface area contributed by atoms with Gasteiger partial charge < -0.3 is 15.0 Å². The third-order valence-corrected chi connectivity index (χ3v) is 6.68. The molecule has 0 unspecified atom stereocenters. The zero-order chi connectivity index (χ0) is 20.6. The smallest absolute Gasteiger partial charge is 0.246 e. The van der Waals surface area contributed by atoms with Gasteiger partial charge in [-0.15, -0.1) is 0 Å². The van der Waals surface area contributed by atoms with Gasteiger partial charge in [0.1, 0.15) is 6.61 Å². The van der Waals surface area contributed by atoms with Crippen molar-refractivity contribution in [2.45, 2.75) is 45.1 Å². The van der Waals surface area contributed by atoms with Crippen molar-refractivity contribution in [1.29, 1.82) is 0 Å². The molecule has 0 atom stereocenters. The van der Waals surface area contributed by atoms with Crippen molar-refractivity contribution >= 4 is 34.8 Å². The van der Waals surface area contributed by atoms with E-state index in [0.29, 0.717) is 12.6 Å². The second-order valence-electron chi connectivity index (χ2n) is 8.14. The fourth-order valence-electron chi connectivity index (χ4n) is 4.37. The Morgan fingerprint density at radius 3 is 2.55 bits per heavy atom. The van der Waals surface area contributed by atoms with Gasteiger partial charge in [0.2, 0.25) is 5.91 Å². The minimum Gasteiger partial charge on any atom is -0.372 e. The van der Waals surface area contributed by atoms with Crippen LogP contribution in [0.4, 0.5) is 5.69 Å². The summed E-state index contributed by atoms with van der Waals surface area (Å²) in [7, 11) is 0. The molecule has 1 heterocycles. The predicted octanol–water partition coefficient (Wildman–Crippen LogP) is 4.22. The van der Waals surface area contributed by atoms with Gasteiger partial charge in [-0.05, 0) is 69.7 Å². The highest BCUT2D eigenvalue weighted by molar-refractivity contribution is 6.35. The van der Waals surface area contributed by atoms with Gasteiger partial charge in [0, 0.05) is 43.9 Å². The number of nitrogens with one attached hydrogen (secondary N) is 1. The predicted molar refractivity (Wildman–Crippen MR) is 120 cm³/mol. The topological polar surface area (TPSA) is 44.8 Å². The van der Waals surface area contributed by atoms with Crippen LogP contribution in [0.2, 0.25) is 10.0 Å². The van der Waals surface area contributed by atoms with Crippen molar-refractivity contribution in [3.05, 3.63) is 28.2 Å². The number of carbonyl (C=O) groups is 1. The summed E-state index contributed by atoms with van der Waals surface area (Å²) in [5.41, 5.74) is 1.04. The first-order valence-electron chi connectivity index (χ1n) is 10.8. The maximum atomic E-state index is 11.8. The quantitative estimate of drug-likeness (QED) is 0.655. The van der Waals surface area contributed by atoms with E-state index in [2.05, 4.69) is 15.1 Å². The third kappa shape index (κ3) is 7.02. The molecule has 1 aliphatic heterocycles. The average Bonchev–Trinajstić information content (AvgIpc) is 2.74. The van der Waals surface area contributed by atoms with E-state index in [1.165, 1.54) is 19.3 Å². The zero-order valence-corrected chi connectivity index (χ0v) is 18.9. The summed E-state index contributed by atoms with van der Waals surface area (Å²) in [5.74, 6) is 0.795. The largest absolute Gasteiger partial charge is 0.372 e. The van der Waals surface area contributed by atoms with Crippen molar-refractivity contribution in [3.63, 3.8) is 0 Å². The molecule has 1 saturated carbocycles. The Balaban J connectivity index is 1.33. The molecule has 0 radical (unpaired) electrons. The molecule has 2 fully saturated rings. The molecule has 29 heavy (non-hydrogen) atoms. The fraction of sp³-hybridized carbons (Fsp3) is 0.682. The first-order chi connectivity index (χ1) is 14.0. The number of piperazine rings is 1. The van der Waals surface area contributed by atoms with Crippen LogP contribution < -0.4 is 10.2 Å². The van der Waals surface area contributed by atoms with Gasteiger partial charge in [0.15, 0.2) is 0 Å². The van der Waals surface area contributed by atoms with Crippen LogP contribution in [0.25, 0.3) is 0 Å². The summed E-state index contributed by atoms with van der Waals surface area (Å²) in [4.78, 5) is 16.7. The second-order valence-corrected chi connectivity index (χ2v) is 8.98. The third-order valence-electron chi connectivity index (χ3n) is 6.12. The standard InChI is InChI=1S/C22H33Cl2N3O2/c1-2-29-16-22(28)25-19-6-3-17(4-7-19)9-10-26-11-13-27(14-12-26)21-15-18(23)5-8-20(21)24/h5,8,15,17,19H,2-4,6-7,9-14,16H2,1H3,(H,25,28)/t17-,19-. The summed E-state index contributed by atoms with van der Waals surface area (Å²) in [5, 5.41) is 4.61. The van der Waals surface area contributed by atoms with E-state index in [1.807, 2.05) is 25.1 Å². The number of halogens is 2. The lowest BCUT2D eigenvalue weighted by Gasteiger charge is -2.37. The van der Waals surface area contributed by atoms with Crippen molar-refractivity contribution in [1.82, 2.24) is 10.2 Å². The summed E-state index contributed by atoms with van der Waals surface area (Å²) in [6.07, 6.45) is 5.83. The molecule has 7 heteroatoms. The molecule has 1 aliphatic carbocycles. The van der Waals surface area contributed by atoms with Gasteiger partial charge >= 0.3 is 0 Å². The molecule has 1 saturated heterocycles. The molecule has 5 nitrogen and oxygen atoms in total. The van der Waals surface area contributed by atoms with Crippen LogP contribution in [-0.4, -0.2) is 62.8 Å². The number of benzene rings is 1. The molecule has 2 aliphatic rings. The van der Waals surface area contributed by atoms with Gasteiger partial charge in [-0.2, -0.15) is 0 Å². The summed E-state index contributed by atoms with van der Waals surface area (Å²) < 4.78 is 5.18. The molecule has 0 spiro atoms. The van der Waals surface area contributed by atoms with E-state index in [-0.39, 0.29) is 12.5 Å². The normalized spacial score (nSPS) is 23.2. The first-order valence-corrected chi connectivity index (χ1v) is 11.6. The molecule has 1 aromatic carbocycles. The lowest BCUT2D eigenvalue weighted by molar-refractivity contribution is -0.126. The van der Waals surface area contributed by atoms with Crippen LogP contribution in [0.5, 0.6) is 0 Å². The van der Waals surface area contributed by atoms with Crippen molar-refractivity contribution in [2.24, 2.45) is 5.92 Å². The number of amides is 1. The summed E-state index contributed by atoms with van der Waals surface area (Å²) >= 11 is 12.5. The van der Waals surface area contributed by atoms with E-state index in [9.17, 15) is 4.79 Å². The van der Waals surface area contributed by atoms with Gasteiger partial charge in [0.05, 0.1) is 10.7 Å². The van der Waals surface area contributed by atoms with Crippen LogP contribution in [-0.2, 0) is 9.53 Å². The van der Waals surface area contributed by atoms with E-state index in [4.69, 9.17) is 27.9 Å². The Hall–Kier alpha value is -1.01. The number of ether oxygens (including phenoxy) is 1. The van der Waals surface area contributed by atoms with Crippen molar-refractivity contribution in [3.8, 4) is 0 Å². The Morgan fingerprint density at radius 1 is 1.14 bits per heavy atom. The number of nitrogens with zero attached hydrogens (tertiary/aromatic N) is 2. The Kier molecular flexibility index (Phi) is 8.91. The van der Waals surface area contributed by atoms with E-state index in [1.54, 1.807) is 0 Å². The number of carbonyl (C=O) groups excluding carboxylic acids is 1. The number of anilines is 1. The van der Waals surface area contributed by atoms with E-state index < -0.39 is 0 Å².